The van der Waals surface area contributed by atoms with E-state index >= 15 is 0 Å². The number of esters is 1. The number of carbonyl (C=O) groups is 1. The molecule has 0 atom stereocenters. The lowest BCUT2D eigenvalue weighted by Gasteiger charge is -2.08. The second-order valence-electron chi connectivity index (χ2n) is 4.63. The largest absolute Gasteiger partial charge is 0.483 e. The van der Waals surface area contributed by atoms with Crippen molar-refractivity contribution < 1.29 is 24.1 Å². The van der Waals surface area contributed by atoms with Gasteiger partial charge in [0.1, 0.15) is 13.2 Å². The fourth-order valence-electron chi connectivity index (χ4n) is 1.87. The Kier molecular flexibility index (Phi) is 5.85. The van der Waals surface area contributed by atoms with Crippen molar-refractivity contribution >= 4 is 28.9 Å². The van der Waals surface area contributed by atoms with Gasteiger partial charge in [-0.05, 0) is 18.2 Å². The topological polar surface area (TPSA) is 122 Å². The summed E-state index contributed by atoms with van der Waals surface area (Å²) in [5, 5.41) is 21.9. The van der Waals surface area contributed by atoms with Crippen LogP contribution >= 0.6 is 11.6 Å². The molecule has 0 heterocycles. The maximum atomic E-state index is 11.8. The van der Waals surface area contributed by atoms with E-state index in [0.29, 0.717) is 0 Å². The van der Waals surface area contributed by atoms with E-state index in [1.165, 1.54) is 12.1 Å². The Morgan fingerprint density at radius 1 is 1.04 bits per heavy atom. The lowest BCUT2D eigenvalue weighted by molar-refractivity contribution is -0.394. The van der Waals surface area contributed by atoms with Crippen molar-refractivity contribution in [1.29, 1.82) is 0 Å². The first-order valence-electron chi connectivity index (χ1n) is 6.87. The minimum atomic E-state index is -0.794. The number of non-ortho nitro benzene ring substituents is 1. The van der Waals surface area contributed by atoms with Crippen LogP contribution in [-0.2, 0) is 4.74 Å². The zero-order chi connectivity index (χ0) is 18.4. The Bertz CT molecular complexity index is 825. The Labute approximate surface area is 146 Å². The first-order chi connectivity index (χ1) is 11.9. The number of nitro benzene ring substituents is 2. The summed E-state index contributed by atoms with van der Waals surface area (Å²) in [7, 11) is 0. The fourth-order valence-corrected chi connectivity index (χ4v) is 2.09. The number of carbonyl (C=O) groups excluding carboxylic acids is 1. The van der Waals surface area contributed by atoms with Gasteiger partial charge in [-0.1, -0.05) is 23.7 Å². The maximum Gasteiger partial charge on any atom is 0.339 e. The third-order valence-corrected chi connectivity index (χ3v) is 3.35. The molecule has 0 aliphatic carbocycles. The summed E-state index contributed by atoms with van der Waals surface area (Å²) < 4.78 is 10.1. The third-order valence-electron chi connectivity index (χ3n) is 3.02. The summed E-state index contributed by atoms with van der Waals surface area (Å²) in [6.45, 7) is -0.354. The van der Waals surface area contributed by atoms with Crippen LogP contribution in [0, 0.1) is 20.2 Å². The second kappa shape index (κ2) is 8.06. The Hall–Kier alpha value is -3.20. The molecule has 2 aromatic carbocycles. The summed E-state index contributed by atoms with van der Waals surface area (Å²) in [5.41, 5.74) is -0.790. The minimum absolute atomic E-state index is 0.163. The van der Waals surface area contributed by atoms with Gasteiger partial charge >= 0.3 is 11.7 Å². The Morgan fingerprint density at radius 3 is 2.40 bits per heavy atom. The van der Waals surface area contributed by atoms with E-state index in [-0.39, 0.29) is 29.5 Å². The predicted molar refractivity (Wildman–Crippen MR) is 87.0 cm³/mol. The van der Waals surface area contributed by atoms with Gasteiger partial charge in [-0.15, -0.1) is 0 Å². The molecule has 0 aromatic heterocycles. The quantitative estimate of drug-likeness (QED) is 0.318. The predicted octanol–water partition coefficient (Wildman–Crippen LogP) is 3.39. The van der Waals surface area contributed by atoms with E-state index in [4.69, 9.17) is 21.1 Å². The number of halogens is 1. The zero-order valence-electron chi connectivity index (χ0n) is 12.6. The van der Waals surface area contributed by atoms with E-state index in [9.17, 15) is 25.0 Å². The van der Waals surface area contributed by atoms with Crippen LogP contribution in [0.2, 0.25) is 5.02 Å². The van der Waals surface area contributed by atoms with Gasteiger partial charge in [0.2, 0.25) is 0 Å². The van der Waals surface area contributed by atoms with Crippen molar-refractivity contribution in [2.24, 2.45) is 0 Å². The Balaban J connectivity index is 1.96. The highest BCUT2D eigenvalue weighted by atomic mass is 35.5. The molecule has 0 N–H and O–H groups in total. The van der Waals surface area contributed by atoms with Crippen molar-refractivity contribution in [2.45, 2.75) is 0 Å². The highest BCUT2D eigenvalue weighted by Crippen LogP contribution is 2.30. The zero-order valence-corrected chi connectivity index (χ0v) is 13.3. The molecule has 0 amide bonds. The maximum absolute atomic E-state index is 11.8. The average Bonchev–Trinajstić information content (AvgIpc) is 2.58. The molecule has 9 nitrogen and oxygen atoms in total. The van der Waals surface area contributed by atoms with Crippen molar-refractivity contribution in [2.75, 3.05) is 13.2 Å². The van der Waals surface area contributed by atoms with Crippen LogP contribution in [0.15, 0.2) is 42.5 Å². The van der Waals surface area contributed by atoms with Gasteiger partial charge in [0.05, 0.1) is 26.5 Å². The molecule has 0 aliphatic heterocycles. The molecular formula is C15H11ClN2O7. The molecule has 0 saturated heterocycles. The molecule has 2 rings (SSSR count). The summed E-state index contributed by atoms with van der Waals surface area (Å²) in [5.74, 6) is -0.822. The molecule has 2 aromatic rings. The van der Waals surface area contributed by atoms with Gasteiger partial charge in [0, 0.05) is 6.07 Å². The van der Waals surface area contributed by atoms with E-state index in [1.54, 1.807) is 12.1 Å². The van der Waals surface area contributed by atoms with Crippen molar-refractivity contribution in [3.8, 4) is 5.75 Å². The third kappa shape index (κ3) is 4.64. The van der Waals surface area contributed by atoms with Crippen LogP contribution in [0.4, 0.5) is 11.4 Å². The smallest absolute Gasteiger partial charge is 0.339 e. The average molecular weight is 367 g/mol. The molecule has 0 bridgehead atoms. The van der Waals surface area contributed by atoms with Crippen molar-refractivity contribution in [3.63, 3.8) is 0 Å². The van der Waals surface area contributed by atoms with E-state index in [0.717, 1.165) is 18.2 Å². The summed E-state index contributed by atoms with van der Waals surface area (Å²) in [4.78, 5) is 31.9. The highest BCUT2D eigenvalue weighted by molar-refractivity contribution is 6.33. The SMILES string of the molecule is O=C(OCCOc1ccc([N+](=O)[O-])cc1[N+](=O)[O-])c1ccccc1Cl. The number of rotatable bonds is 7. The molecule has 0 unspecified atom stereocenters. The van der Waals surface area contributed by atoms with Gasteiger partial charge in [-0.25, -0.2) is 4.79 Å². The van der Waals surface area contributed by atoms with E-state index < -0.39 is 27.2 Å². The van der Waals surface area contributed by atoms with Gasteiger partial charge in [0.15, 0.2) is 5.75 Å². The molecule has 0 fully saturated rings. The monoisotopic (exact) mass is 366 g/mol. The molecule has 130 valence electrons. The summed E-state index contributed by atoms with van der Waals surface area (Å²) >= 11 is 5.86. The van der Waals surface area contributed by atoms with Gasteiger partial charge in [-0.2, -0.15) is 0 Å². The highest BCUT2D eigenvalue weighted by Gasteiger charge is 2.20. The van der Waals surface area contributed by atoms with E-state index in [1.807, 2.05) is 0 Å². The van der Waals surface area contributed by atoms with Crippen LogP contribution in [0.1, 0.15) is 10.4 Å². The normalized spacial score (nSPS) is 10.1. The van der Waals surface area contributed by atoms with Crippen molar-refractivity contribution in [1.82, 2.24) is 0 Å². The van der Waals surface area contributed by atoms with Gasteiger partial charge in [-0.3, -0.25) is 20.2 Å². The number of ether oxygens (including phenoxy) is 2. The molecule has 10 heteroatoms. The second-order valence-corrected chi connectivity index (χ2v) is 5.04. The molecule has 0 spiro atoms. The van der Waals surface area contributed by atoms with Crippen LogP contribution in [0.25, 0.3) is 0 Å². The first kappa shape index (κ1) is 18.1. The summed E-state index contributed by atoms with van der Waals surface area (Å²) in [6, 6.07) is 9.31. The number of nitro groups is 2. The first-order valence-corrected chi connectivity index (χ1v) is 7.25. The molecule has 0 saturated carbocycles. The van der Waals surface area contributed by atoms with Crippen LogP contribution in [0.5, 0.6) is 5.75 Å². The van der Waals surface area contributed by atoms with E-state index in [2.05, 4.69) is 0 Å². The molecule has 0 radical (unpaired) electrons. The van der Waals surface area contributed by atoms with Crippen LogP contribution in [-0.4, -0.2) is 29.0 Å². The fraction of sp³-hybridized carbons (Fsp3) is 0.133. The molecule has 25 heavy (non-hydrogen) atoms. The Morgan fingerprint density at radius 2 is 1.76 bits per heavy atom. The minimum Gasteiger partial charge on any atom is -0.483 e. The number of nitrogens with zero attached hydrogens (tertiary/aromatic N) is 2. The molecule has 0 aliphatic rings. The summed E-state index contributed by atoms with van der Waals surface area (Å²) in [6.07, 6.45) is 0. The van der Waals surface area contributed by atoms with Gasteiger partial charge < -0.3 is 9.47 Å². The van der Waals surface area contributed by atoms with Crippen LogP contribution in [0.3, 0.4) is 0 Å². The van der Waals surface area contributed by atoms with Gasteiger partial charge in [0.25, 0.3) is 5.69 Å². The van der Waals surface area contributed by atoms with Crippen molar-refractivity contribution in [3.05, 3.63) is 73.3 Å². The standard InChI is InChI=1S/C15H11ClN2O7/c16-12-4-2-1-3-11(12)15(19)25-8-7-24-14-6-5-10(17(20)21)9-13(14)18(22)23/h1-6,9H,7-8H2. The number of hydrogen-bond acceptors (Lipinski definition) is 7. The lowest BCUT2D eigenvalue weighted by Crippen LogP contribution is -2.13. The molecular weight excluding hydrogens is 356 g/mol. The van der Waals surface area contributed by atoms with Crippen LogP contribution < -0.4 is 4.74 Å². The number of benzene rings is 2. The lowest BCUT2D eigenvalue weighted by atomic mass is 10.2. The number of hydrogen-bond donors (Lipinski definition) is 0.